The van der Waals surface area contributed by atoms with Crippen LogP contribution in [-0.4, -0.2) is 24.4 Å². The fraction of sp³-hybridized carbons (Fsp3) is 0.429. The molecular weight excluding hydrogens is 264 g/mol. The maximum atomic E-state index is 12.6. The Hall–Kier alpha value is -1.55. The van der Waals surface area contributed by atoms with Crippen molar-refractivity contribution in [1.82, 2.24) is 5.32 Å². The molecule has 100 valence electrons. The molecule has 1 aromatic rings. The second-order valence-electron chi connectivity index (χ2n) is 5.10. The van der Waals surface area contributed by atoms with E-state index in [4.69, 9.17) is 11.6 Å². The fourth-order valence-corrected chi connectivity index (χ4v) is 2.63. The Balaban J connectivity index is 1.90. The van der Waals surface area contributed by atoms with Crippen LogP contribution in [0.3, 0.4) is 0 Å². The van der Waals surface area contributed by atoms with Crippen LogP contribution in [0.2, 0.25) is 5.02 Å². The normalized spacial score (nSPS) is 24.1. The van der Waals surface area contributed by atoms with Crippen molar-refractivity contribution in [3.63, 3.8) is 0 Å². The van der Waals surface area contributed by atoms with Crippen molar-refractivity contribution in [3.05, 3.63) is 29.3 Å². The molecule has 1 atom stereocenters. The van der Waals surface area contributed by atoms with Gasteiger partial charge in [0, 0.05) is 23.7 Å². The number of anilines is 1. The second-order valence-corrected chi connectivity index (χ2v) is 5.54. The number of nitrogens with zero attached hydrogens (tertiary/aromatic N) is 1. The molecule has 3 rings (SSSR count). The molecule has 19 heavy (non-hydrogen) atoms. The third-order valence-corrected chi connectivity index (χ3v) is 3.86. The molecule has 4 nitrogen and oxygen atoms in total. The Labute approximate surface area is 116 Å². The lowest BCUT2D eigenvalue weighted by Gasteiger charge is -2.24. The van der Waals surface area contributed by atoms with Crippen molar-refractivity contribution in [2.24, 2.45) is 5.92 Å². The Kier molecular flexibility index (Phi) is 3.19. The van der Waals surface area contributed by atoms with Gasteiger partial charge in [-0.2, -0.15) is 0 Å². The Morgan fingerprint density at radius 1 is 1.26 bits per heavy atom. The van der Waals surface area contributed by atoms with E-state index >= 15 is 0 Å². The largest absolute Gasteiger partial charge is 0.344 e. The molecule has 1 aliphatic heterocycles. The van der Waals surface area contributed by atoms with Crippen molar-refractivity contribution in [2.45, 2.75) is 25.3 Å². The molecular formula is C14H15ClN2O2. The van der Waals surface area contributed by atoms with Crippen LogP contribution < -0.4 is 10.2 Å². The van der Waals surface area contributed by atoms with E-state index in [9.17, 15) is 9.59 Å². The number of hydrogen-bond acceptors (Lipinski definition) is 2. The van der Waals surface area contributed by atoms with Crippen LogP contribution in [0.25, 0.3) is 0 Å². The summed E-state index contributed by atoms with van der Waals surface area (Å²) in [5, 5.41) is 3.44. The first kappa shape index (κ1) is 12.5. The first-order valence-corrected chi connectivity index (χ1v) is 6.89. The van der Waals surface area contributed by atoms with Gasteiger partial charge in [0.2, 0.25) is 11.8 Å². The first-order chi connectivity index (χ1) is 9.15. The first-order valence-electron chi connectivity index (χ1n) is 6.51. The van der Waals surface area contributed by atoms with Crippen molar-refractivity contribution >= 4 is 29.1 Å². The maximum absolute atomic E-state index is 12.6. The van der Waals surface area contributed by atoms with Crippen molar-refractivity contribution in [3.8, 4) is 0 Å². The zero-order chi connectivity index (χ0) is 13.4. The van der Waals surface area contributed by atoms with Crippen LogP contribution in [0.1, 0.15) is 19.3 Å². The minimum Gasteiger partial charge on any atom is -0.344 e. The zero-order valence-corrected chi connectivity index (χ0v) is 11.2. The minimum absolute atomic E-state index is 0.0179. The quantitative estimate of drug-likeness (QED) is 0.899. The van der Waals surface area contributed by atoms with Gasteiger partial charge < -0.3 is 10.2 Å². The van der Waals surface area contributed by atoms with Gasteiger partial charge in [0.1, 0.15) is 6.04 Å². The highest BCUT2D eigenvalue weighted by Gasteiger charge is 2.41. The molecule has 0 bridgehead atoms. The Bertz CT molecular complexity index is 528. The van der Waals surface area contributed by atoms with Crippen LogP contribution >= 0.6 is 11.6 Å². The monoisotopic (exact) mass is 278 g/mol. The molecule has 0 aromatic heterocycles. The number of hydrogen-bond donors (Lipinski definition) is 1. The Morgan fingerprint density at radius 2 is 2.05 bits per heavy atom. The highest BCUT2D eigenvalue weighted by molar-refractivity contribution is 6.31. The summed E-state index contributed by atoms with van der Waals surface area (Å²) in [5.41, 5.74) is 0.764. The second kappa shape index (κ2) is 4.85. The van der Waals surface area contributed by atoms with Gasteiger partial charge in [-0.3, -0.25) is 9.59 Å². The number of rotatable bonds is 2. The van der Waals surface area contributed by atoms with Crippen LogP contribution in [0.5, 0.6) is 0 Å². The predicted molar refractivity (Wildman–Crippen MR) is 73.1 cm³/mol. The number of carbonyl (C=O) groups is 2. The third-order valence-electron chi connectivity index (χ3n) is 3.62. The van der Waals surface area contributed by atoms with Crippen molar-refractivity contribution in [1.29, 1.82) is 0 Å². The van der Waals surface area contributed by atoms with Gasteiger partial charge in [-0.15, -0.1) is 0 Å². The van der Waals surface area contributed by atoms with E-state index in [1.54, 1.807) is 17.0 Å². The van der Waals surface area contributed by atoms with Crippen molar-refractivity contribution < 1.29 is 9.59 Å². The smallest absolute Gasteiger partial charge is 0.249 e. The lowest BCUT2D eigenvalue weighted by molar-refractivity contribution is -0.126. The van der Waals surface area contributed by atoms with Crippen LogP contribution in [0.4, 0.5) is 5.69 Å². The average Bonchev–Trinajstić information content (AvgIpc) is 3.19. The summed E-state index contributed by atoms with van der Waals surface area (Å²) in [7, 11) is 0. The number of carbonyl (C=O) groups excluding carboxylic acids is 2. The molecule has 1 aliphatic carbocycles. The number of amides is 2. The third kappa shape index (κ3) is 2.59. The molecule has 5 heteroatoms. The van der Waals surface area contributed by atoms with E-state index in [1.807, 2.05) is 12.1 Å². The molecule has 0 spiro atoms. The average molecular weight is 279 g/mol. The maximum Gasteiger partial charge on any atom is 0.249 e. The van der Waals surface area contributed by atoms with Crippen molar-refractivity contribution in [2.75, 3.05) is 11.4 Å². The summed E-state index contributed by atoms with van der Waals surface area (Å²) in [6.45, 7) is 0.411. The van der Waals surface area contributed by atoms with E-state index in [2.05, 4.69) is 5.32 Å². The fourth-order valence-electron chi connectivity index (χ4n) is 2.45. The number of nitrogens with one attached hydrogen (secondary N) is 1. The molecule has 0 radical (unpaired) electrons. The highest BCUT2D eigenvalue weighted by atomic mass is 35.5. The minimum atomic E-state index is -0.367. The summed E-state index contributed by atoms with van der Waals surface area (Å²) in [6, 6.07) is 6.84. The molecule has 1 aromatic carbocycles. The molecule has 1 unspecified atom stereocenters. The summed E-state index contributed by atoms with van der Waals surface area (Å²) in [6.07, 6.45) is 2.36. The zero-order valence-electron chi connectivity index (χ0n) is 10.4. The molecule has 2 aliphatic rings. The molecule has 1 N–H and O–H groups in total. The Morgan fingerprint density at radius 3 is 2.74 bits per heavy atom. The van der Waals surface area contributed by atoms with E-state index in [-0.39, 0.29) is 17.9 Å². The van der Waals surface area contributed by atoms with E-state index in [1.165, 1.54) is 0 Å². The molecule has 2 amide bonds. The van der Waals surface area contributed by atoms with Crippen LogP contribution in [-0.2, 0) is 9.59 Å². The lowest BCUT2D eigenvalue weighted by atomic mass is 10.1. The van der Waals surface area contributed by atoms with Crippen LogP contribution in [0, 0.1) is 5.92 Å². The van der Waals surface area contributed by atoms with E-state index in [0.29, 0.717) is 23.9 Å². The predicted octanol–water partition coefficient (Wildman–Crippen LogP) is 1.97. The topological polar surface area (TPSA) is 49.4 Å². The van der Waals surface area contributed by atoms with Gasteiger partial charge in [0.15, 0.2) is 0 Å². The summed E-state index contributed by atoms with van der Waals surface area (Å²) in [5.74, 6) is 0.238. The number of halogens is 1. The van der Waals surface area contributed by atoms with E-state index in [0.717, 1.165) is 18.5 Å². The SMILES string of the molecule is O=C1CCN(c2cccc(Cl)c2)C(=O)C(C2CC2)N1. The standard InChI is InChI=1S/C14H15ClN2O2/c15-10-2-1-3-11(8-10)17-7-6-12(18)16-13(14(17)19)9-4-5-9/h1-3,8-9,13H,4-7H2,(H,16,18). The molecule has 2 fully saturated rings. The van der Waals surface area contributed by atoms with E-state index < -0.39 is 0 Å². The summed E-state index contributed by atoms with van der Waals surface area (Å²) < 4.78 is 0. The van der Waals surface area contributed by atoms with Gasteiger partial charge >= 0.3 is 0 Å². The van der Waals surface area contributed by atoms with Gasteiger partial charge in [-0.1, -0.05) is 17.7 Å². The van der Waals surface area contributed by atoms with Gasteiger partial charge in [0.25, 0.3) is 0 Å². The van der Waals surface area contributed by atoms with Gasteiger partial charge in [-0.25, -0.2) is 0 Å². The summed E-state index contributed by atoms with van der Waals surface area (Å²) in [4.78, 5) is 25.9. The number of benzene rings is 1. The summed E-state index contributed by atoms with van der Waals surface area (Å²) >= 11 is 5.97. The lowest BCUT2D eigenvalue weighted by Crippen LogP contribution is -2.46. The van der Waals surface area contributed by atoms with Gasteiger partial charge in [0.05, 0.1) is 0 Å². The molecule has 1 heterocycles. The van der Waals surface area contributed by atoms with Gasteiger partial charge in [-0.05, 0) is 37.0 Å². The molecule has 1 saturated carbocycles. The highest BCUT2D eigenvalue weighted by Crippen LogP contribution is 2.35. The molecule has 1 saturated heterocycles. The van der Waals surface area contributed by atoms with Crippen LogP contribution in [0.15, 0.2) is 24.3 Å².